The van der Waals surface area contributed by atoms with E-state index in [1.54, 1.807) is 23.1 Å². The van der Waals surface area contributed by atoms with Crippen molar-refractivity contribution in [2.24, 2.45) is 5.84 Å². The van der Waals surface area contributed by atoms with E-state index in [0.717, 1.165) is 5.56 Å². The monoisotopic (exact) mass is 280 g/mol. The van der Waals surface area contributed by atoms with Crippen LogP contribution in [0, 0.1) is 0 Å². The number of hydrogen-bond donors (Lipinski definition) is 2. The first-order chi connectivity index (χ1) is 10.3. The van der Waals surface area contributed by atoms with Crippen LogP contribution in [0.15, 0.2) is 54.9 Å². The Morgan fingerprint density at radius 2 is 1.95 bits per heavy atom. The van der Waals surface area contributed by atoms with Crippen molar-refractivity contribution in [3.8, 4) is 17.1 Å². The van der Waals surface area contributed by atoms with Crippen LogP contribution in [0.5, 0.6) is 0 Å². The molecule has 0 saturated heterocycles. The van der Waals surface area contributed by atoms with Gasteiger partial charge in [-0.3, -0.25) is 15.2 Å². The Morgan fingerprint density at radius 3 is 2.62 bits per heavy atom. The molecule has 2 heterocycles. The lowest BCUT2D eigenvalue weighted by Crippen LogP contribution is -2.31. The van der Waals surface area contributed by atoms with Gasteiger partial charge in [0.25, 0.3) is 0 Å². The van der Waals surface area contributed by atoms with Crippen molar-refractivity contribution in [3.05, 3.63) is 60.7 Å². The zero-order valence-corrected chi connectivity index (χ0v) is 11.0. The summed E-state index contributed by atoms with van der Waals surface area (Å²) < 4.78 is 1.56. The first kappa shape index (κ1) is 12.9. The van der Waals surface area contributed by atoms with E-state index in [4.69, 9.17) is 5.84 Å². The zero-order chi connectivity index (χ0) is 14.7. The van der Waals surface area contributed by atoms with E-state index in [1.807, 2.05) is 41.8 Å². The van der Waals surface area contributed by atoms with Gasteiger partial charge < -0.3 is 0 Å². The molecule has 0 saturated carbocycles. The van der Waals surface area contributed by atoms with Crippen LogP contribution >= 0.6 is 0 Å². The summed E-state index contributed by atoms with van der Waals surface area (Å²) in [6.45, 7) is 0. The van der Waals surface area contributed by atoms with Crippen molar-refractivity contribution in [2.75, 3.05) is 0 Å². The summed E-state index contributed by atoms with van der Waals surface area (Å²) in [6.07, 6.45) is 3.31. The fourth-order valence-electron chi connectivity index (χ4n) is 1.91. The minimum Gasteiger partial charge on any atom is -0.287 e. The Balaban J connectivity index is 2.18. The van der Waals surface area contributed by atoms with Crippen molar-refractivity contribution < 1.29 is 4.79 Å². The van der Waals surface area contributed by atoms with Crippen LogP contribution < -0.4 is 11.3 Å². The van der Waals surface area contributed by atoms with Crippen LogP contribution in [-0.4, -0.2) is 25.7 Å². The lowest BCUT2D eigenvalue weighted by Gasteiger charge is -2.04. The second-order valence-corrected chi connectivity index (χ2v) is 4.22. The number of amides is 1. The molecule has 0 fully saturated rings. The quantitative estimate of drug-likeness (QED) is 0.422. The summed E-state index contributed by atoms with van der Waals surface area (Å²) in [5, 5.41) is 4.20. The van der Waals surface area contributed by atoms with Crippen LogP contribution in [0.25, 0.3) is 17.1 Å². The molecular weight excluding hydrogens is 268 g/mol. The summed E-state index contributed by atoms with van der Waals surface area (Å²) in [7, 11) is 0. The average Bonchev–Trinajstić information content (AvgIpc) is 3.01. The normalized spacial score (nSPS) is 10.3. The largest absolute Gasteiger partial charge is 0.304 e. The SMILES string of the molecule is NNC(=O)c1nc(-c2ccccc2)n(-c2cccnc2)n1. The number of nitrogens with one attached hydrogen (secondary N) is 1. The highest BCUT2D eigenvalue weighted by Crippen LogP contribution is 2.20. The summed E-state index contributed by atoms with van der Waals surface area (Å²) in [5.41, 5.74) is 3.58. The van der Waals surface area contributed by atoms with Gasteiger partial charge in [-0.1, -0.05) is 30.3 Å². The molecule has 7 nitrogen and oxygen atoms in total. The maximum Gasteiger partial charge on any atom is 0.304 e. The zero-order valence-electron chi connectivity index (χ0n) is 11.0. The Morgan fingerprint density at radius 1 is 1.14 bits per heavy atom. The fourth-order valence-corrected chi connectivity index (χ4v) is 1.91. The second kappa shape index (κ2) is 5.51. The van der Waals surface area contributed by atoms with Crippen molar-refractivity contribution >= 4 is 5.91 Å². The molecular formula is C14H12N6O. The smallest absolute Gasteiger partial charge is 0.287 e. The summed E-state index contributed by atoms with van der Waals surface area (Å²) >= 11 is 0. The Hall–Kier alpha value is -3.06. The highest BCUT2D eigenvalue weighted by atomic mass is 16.2. The Kier molecular flexibility index (Phi) is 3.40. The molecule has 3 rings (SSSR count). The minimum absolute atomic E-state index is 0.000191. The molecule has 0 atom stereocenters. The number of hydrazine groups is 1. The third-order valence-electron chi connectivity index (χ3n) is 2.86. The predicted molar refractivity (Wildman–Crippen MR) is 76.2 cm³/mol. The molecule has 0 spiro atoms. The van der Waals surface area contributed by atoms with E-state index in [1.165, 1.54) is 0 Å². The molecule has 104 valence electrons. The van der Waals surface area contributed by atoms with Crippen molar-refractivity contribution in [2.45, 2.75) is 0 Å². The Bertz CT molecular complexity index is 697. The molecule has 3 N–H and O–H groups in total. The maximum absolute atomic E-state index is 11.7. The molecule has 2 aromatic heterocycles. The number of hydrogen-bond acceptors (Lipinski definition) is 5. The molecule has 3 aromatic rings. The standard InChI is InChI=1S/C14H12N6O/c15-18-14(21)12-17-13(10-5-2-1-3-6-10)20(19-12)11-7-4-8-16-9-11/h1-9H,15H2,(H,18,21). The summed E-state index contributed by atoms with van der Waals surface area (Å²) in [6, 6.07) is 13.1. The van der Waals surface area contributed by atoms with Gasteiger partial charge >= 0.3 is 5.91 Å². The van der Waals surface area contributed by atoms with Gasteiger partial charge in [0.2, 0.25) is 5.82 Å². The van der Waals surface area contributed by atoms with Gasteiger partial charge in [0.05, 0.1) is 11.9 Å². The Labute approximate surface area is 120 Å². The number of nitrogen functional groups attached to an aromatic ring is 1. The van der Waals surface area contributed by atoms with E-state index in [9.17, 15) is 4.79 Å². The summed E-state index contributed by atoms with van der Waals surface area (Å²) in [5.74, 6) is 5.14. The van der Waals surface area contributed by atoms with E-state index in [-0.39, 0.29) is 5.82 Å². The molecule has 7 heteroatoms. The fraction of sp³-hybridized carbons (Fsp3) is 0. The number of carbonyl (C=O) groups excluding carboxylic acids is 1. The number of aromatic nitrogens is 4. The molecule has 0 bridgehead atoms. The van der Waals surface area contributed by atoms with E-state index in [2.05, 4.69) is 15.1 Å². The van der Waals surface area contributed by atoms with Gasteiger partial charge in [0.15, 0.2) is 5.82 Å². The lowest BCUT2D eigenvalue weighted by molar-refractivity contribution is 0.0943. The van der Waals surface area contributed by atoms with Crippen LogP contribution in [0.4, 0.5) is 0 Å². The highest BCUT2D eigenvalue weighted by molar-refractivity contribution is 5.90. The first-order valence-corrected chi connectivity index (χ1v) is 6.23. The number of benzene rings is 1. The van der Waals surface area contributed by atoms with Gasteiger partial charge in [-0.15, -0.1) is 5.10 Å². The number of carbonyl (C=O) groups is 1. The predicted octanol–water partition coefficient (Wildman–Crippen LogP) is 0.933. The van der Waals surface area contributed by atoms with Crippen molar-refractivity contribution in [1.29, 1.82) is 0 Å². The van der Waals surface area contributed by atoms with E-state index < -0.39 is 5.91 Å². The molecule has 1 amide bonds. The number of nitrogens with zero attached hydrogens (tertiary/aromatic N) is 4. The third kappa shape index (κ3) is 2.49. The molecule has 0 aliphatic heterocycles. The topological polar surface area (TPSA) is 98.7 Å². The summed E-state index contributed by atoms with van der Waals surface area (Å²) in [4.78, 5) is 20.0. The molecule has 0 unspecified atom stereocenters. The number of nitrogens with two attached hydrogens (primary N) is 1. The van der Waals surface area contributed by atoms with Gasteiger partial charge in [-0.25, -0.2) is 15.5 Å². The van der Waals surface area contributed by atoms with Crippen LogP contribution in [0.2, 0.25) is 0 Å². The van der Waals surface area contributed by atoms with Crippen LogP contribution in [0.3, 0.4) is 0 Å². The lowest BCUT2D eigenvalue weighted by atomic mass is 10.2. The number of rotatable bonds is 3. The molecule has 21 heavy (non-hydrogen) atoms. The minimum atomic E-state index is -0.546. The molecule has 0 aliphatic rings. The van der Waals surface area contributed by atoms with Gasteiger partial charge in [0, 0.05) is 11.8 Å². The van der Waals surface area contributed by atoms with Gasteiger partial charge in [0.1, 0.15) is 0 Å². The van der Waals surface area contributed by atoms with Crippen molar-refractivity contribution in [3.63, 3.8) is 0 Å². The van der Waals surface area contributed by atoms with Crippen LogP contribution in [-0.2, 0) is 0 Å². The highest BCUT2D eigenvalue weighted by Gasteiger charge is 2.17. The van der Waals surface area contributed by atoms with E-state index in [0.29, 0.717) is 11.5 Å². The molecule has 0 aliphatic carbocycles. The third-order valence-corrected chi connectivity index (χ3v) is 2.86. The molecule has 1 aromatic carbocycles. The van der Waals surface area contributed by atoms with Gasteiger partial charge in [-0.05, 0) is 12.1 Å². The number of pyridine rings is 1. The average molecular weight is 280 g/mol. The van der Waals surface area contributed by atoms with Crippen LogP contribution in [0.1, 0.15) is 10.6 Å². The van der Waals surface area contributed by atoms with Crippen molar-refractivity contribution in [1.82, 2.24) is 25.2 Å². The first-order valence-electron chi connectivity index (χ1n) is 6.23. The molecule has 0 radical (unpaired) electrons. The second-order valence-electron chi connectivity index (χ2n) is 4.22. The van der Waals surface area contributed by atoms with Gasteiger partial charge in [-0.2, -0.15) is 0 Å². The van der Waals surface area contributed by atoms with E-state index >= 15 is 0 Å². The maximum atomic E-state index is 11.7.